The zero-order valence-electron chi connectivity index (χ0n) is 16.6. The molecule has 0 saturated heterocycles. The minimum absolute atomic E-state index is 0.794. The van der Waals surface area contributed by atoms with E-state index in [1.54, 1.807) is 14.2 Å². The predicted molar refractivity (Wildman–Crippen MR) is 116 cm³/mol. The molecule has 0 aliphatic carbocycles. The molecule has 0 spiro atoms. The number of aryl methyl sites for hydroxylation is 2. The Morgan fingerprint density at radius 3 is 1.29 bits per heavy atom. The van der Waals surface area contributed by atoms with Crippen molar-refractivity contribution in [1.29, 1.82) is 0 Å². The van der Waals surface area contributed by atoms with Crippen molar-refractivity contribution < 1.29 is 9.47 Å². The second-order valence-corrected chi connectivity index (χ2v) is 6.48. The van der Waals surface area contributed by atoms with Gasteiger partial charge in [-0.05, 0) is 73.5 Å². The maximum Gasteiger partial charge on any atom is 0.143 e. The minimum atomic E-state index is 0.794. The first-order chi connectivity index (χ1) is 13.6. The normalized spacial score (nSPS) is 10.1. The molecule has 0 heterocycles. The summed E-state index contributed by atoms with van der Waals surface area (Å²) in [4.78, 5) is 0. The van der Waals surface area contributed by atoms with Crippen LogP contribution in [0.3, 0.4) is 0 Å². The first-order valence-electron chi connectivity index (χ1n) is 9.02. The third kappa shape index (κ3) is 4.79. The summed E-state index contributed by atoms with van der Waals surface area (Å²) in [6.07, 6.45) is 0. The third-order valence-electron chi connectivity index (χ3n) is 4.28. The van der Waals surface area contributed by atoms with Gasteiger partial charge in [-0.25, -0.2) is 0 Å². The molecule has 0 amide bonds. The van der Waals surface area contributed by atoms with Gasteiger partial charge in [-0.15, -0.1) is 0 Å². The topological polar surface area (TPSA) is 66.6 Å². The van der Waals surface area contributed by atoms with E-state index < -0.39 is 0 Å². The SMILES string of the molecule is COc1cc(C)ccc1NNc1ccc(NNc2ccc(C)cc2OC)cc1. The summed E-state index contributed by atoms with van der Waals surface area (Å²) in [7, 11) is 3.33. The number of rotatable bonds is 8. The first kappa shape index (κ1) is 19.2. The molecular formula is C22H26N4O2. The van der Waals surface area contributed by atoms with Gasteiger partial charge in [0.1, 0.15) is 11.5 Å². The number of nitrogens with one attached hydrogen (secondary N) is 4. The minimum Gasteiger partial charge on any atom is -0.495 e. The van der Waals surface area contributed by atoms with Gasteiger partial charge in [0.25, 0.3) is 0 Å². The third-order valence-corrected chi connectivity index (χ3v) is 4.28. The highest BCUT2D eigenvalue weighted by atomic mass is 16.5. The molecule has 0 radical (unpaired) electrons. The van der Waals surface area contributed by atoms with Crippen LogP contribution in [-0.2, 0) is 0 Å². The predicted octanol–water partition coefficient (Wildman–Crippen LogP) is 5.20. The molecule has 4 N–H and O–H groups in total. The highest BCUT2D eigenvalue weighted by Gasteiger charge is 2.04. The number of methoxy groups -OCH3 is 2. The number of benzene rings is 3. The lowest BCUT2D eigenvalue weighted by Crippen LogP contribution is -2.11. The van der Waals surface area contributed by atoms with Crippen LogP contribution < -0.4 is 31.2 Å². The van der Waals surface area contributed by atoms with Gasteiger partial charge >= 0.3 is 0 Å². The molecule has 3 aromatic carbocycles. The van der Waals surface area contributed by atoms with E-state index in [-0.39, 0.29) is 0 Å². The number of hydrazine groups is 2. The van der Waals surface area contributed by atoms with Crippen LogP contribution in [-0.4, -0.2) is 14.2 Å². The Hall–Kier alpha value is -3.54. The van der Waals surface area contributed by atoms with Crippen molar-refractivity contribution in [3.8, 4) is 11.5 Å². The molecule has 28 heavy (non-hydrogen) atoms. The van der Waals surface area contributed by atoms with Crippen molar-refractivity contribution in [3.05, 3.63) is 71.8 Å². The monoisotopic (exact) mass is 378 g/mol. The molecule has 3 aromatic rings. The van der Waals surface area contributed by atoms with Crippen LogP contribution in [0.2, 0.25) is 0 Å². The van der Waals surface area contributed by atoms with Gasteiger partial charge in [0.2, 0.25) is 0 Å². The Morgan fingerprint density at radius 1 is 0.536 bits per heavy atom. The summed E-state index contributed by atoms with van der Waals surface area (Å²) < 4.78 is 10.8. The lowest BCUT2D eigenvalue weighted by molar-refractivity contribution is 0.416. The van der Waals surface area contributed by atoms with Crippen LogP contribution in [0.5, 0.6) is 11.5 Å². The van der Waals surface area contributed by atoms with Gasteiger partial charge < -0.3 is 20.3 Å². The number of anilines is 4. The van der Waals surface area contributed by atoms with E-state index in [4.69, 9.17) is 9.47 Å². The zero-order chi connectivity index (χ0) is 19.9. The van der Waals surface area contributed by atoms with Crippen LogP contribution in [0.4, 0.5) is 22.7 Å². The van der Waals surface area contributed by atoms with E-state index in [9.17, 15) is 0 Å². The molecule has 0 aliphatic heterocycles. The Bertz CT molecular complexity index is 850. The summed E-state index contributed by atoms with van der Waals surface area (Å²) in [6, 6.07) is 19.9. The van der Waals surface area contributed by atoms with Crippen molar-refractivity contribution in [1.82, 2.24) is 0 Å². The Labute approximate surface area is 165 Å². The van der Waals surface area contributed by atoms with Gasteiger partial charge in [-0.1, -0.05) is 12.1 Å². The fourth-order valence-electron chi connectivity index (χ4n) is 2.72. The fourth-order valence-corrected chi connectivity index (χ4v) is 2.72. The van der Waals surface area contributed by atoms with Crippen LogP contribution in [0.25, 0.3) is 0 Å². The second kappa shape index (κ2) is 8.90. The molecule has 0 unspecified atom stereocenters. The molecule has 3 rings (SSSR count). The zero-order valence-corrected chi connectivity index (χ0v) is 16.6. The molecule has 0 aromatic heterocycles. The summed E-state index contributed by atoms with van der Waals surface area (Å²) in [6.45, 7) is 4.07. The molecule has 6 heteroatoms. The van der Waals surface area contributed by atoms with E-state index in [1.165, 1.54) is 0 Å². The summed E-state index contributed by atoms with van der Waals surface area (Å²) in [5, 5.41) is 0. The summed E-state index contributed by atoms with van der Waals surface area (Å²) in [5.41, 5.74) is 18.6. The fraction of sp³-hybridized carbons (Fsp3) is 0.182. The van der Waals surface area contributed by atoms with Gasteiger partial charge in [-0.2, -0.15) is 0 Å². The molecular weight excluding hydrogens is 352 g/mol. The highest BCUT2D eigenvalue weighted by Crippen LogP contribution is 2.27. The van der Waals surface area contributed by atoms with Gasteiger partial charge in [0, 0.05) is 0 Å². The van der Waals surface area contributed by atoms with E-state index >= 15 is 0 Å². The van der Waals surface area contributed by atoms with Crippen molar-refractivity contribution >= 4 is 22.7 Å². The van der Waals surface area contributed by atoms with Crippen LogP contribution >= 0.6 is 0 Å². The standard InChI is InChI=1S/C22H26N4O2/c1-15-5-11-19(21(13-15)27-3)25-23-17-7-9-18(10-8-17)24-26-20-12-6-16(2)14-22(20)28-4/h5-14,23-26H,1-4H3. The average Bonchev–Trinajstić information content (AvgIpc) is 2.72. The van der Waals surface area contributed by atoms with Crippen molar-refractivity contribution in [2.24, 2.45) is 0 Å². The molecule has 0 aliphatic rings. The lowest BCUT2D eigenvalue weighted by atomic mass is 10.2. The summed E-state index contributed by atoms with van der Waals surface area (Å²) >= 11 is 0. The highest BCUT2D eigenvalue weighted by molar-refractivity contribution is 5.64. The van der Waals surface area contributed by atoms with Gasteiger partial charge in [0.05, 0.1) is 37.0 Å². The smallest absolute Gasteiger partial charge is 0.143 e. The van der Waals surface area contributed by atoms with Crippen molar-refractivity contribution in [2.45, 2.75) is 13.8 Å². The molecule has 0 fully saturated rings. The number of ether oxygens (including phenoxy) is 2. The maximum atomic E-state index is 5.40. The Kier molecular flexibility index (Phi) is 6.11. The van der Waals surface area contributed by atoms with Crippen LogP contribution in [0.15, 0.2) is 60.7 Å². The Morgan fingerprint density at radius 2 is 0.929 bits per heavy atom. The van der Waals surface area contributed by atoms with E-state index in [0.29, 0.717) is 0 Å². The van der Waals surface area contributed by atoms with Crippen molar-refractivity contribution in [3.63, 3.8) is 0 Å². The quantitative estimate of drug-likeness (QED) is 0.404. The second-order valence-electron chi connectivity index (χ2n) is 6.48. The first-order valence-corrected chi connectivity index (χ1v) is 9.02. The molecule has 146 valence electrons. The molecule has 0 atom stereocenters. The average molecular weight is 378 g/mol. The number of hydrogen-bond acceptors (Lipinski definition) is 6. The molecule has 0 saturated carbocycles. The molecule has 6 nitrogen and oxygen atoms in total. The number of hydrogen-bond donors (Lipinski definition) is 4. The van der Waals surface area contributed by atoms with Crippen molar-refractivity contribution in [2.75, 3.05) is 35.9 Å². The lowest BCUT2D eigenvalue weighted by Gasteiger charge is -2.15. The van der Waals surface area contributed by atoms with Crippen LogP contribution in [0.1, 0.15) is 11.1 Å². The Balaban J connectivity index is 1.58. The largest absolute Gasteiger partial charge is 0.495 e. The van der Waals surface area contributed by atoms with E-state index in [0.717, 1.165) is 45.4 Å². The van der Waals surface area contributed by atoms with E-state index in [2.05, 4.69) is 21.7 Å². The van der Waals surface area contributed by atoms with E-state index in [1.807, 2.05) is 74.5 Å². The van der Waals surface area contributed by atoms with Crippen LogP contribution in [0, 0.1) is 13.8 Å². The summed E-state index contributed by atoms with van der Waals surface area (Å²) in [5.74, 6) is 1.59. The molecule has 0 bridgehead atoms. The van der Waals surface area contributed by atoms with Gasteiger partial charge in [-0.3, -0.25) is 10.9 Å². The van der Waals surface area contributed by atoms with Gasteiger partial charge in [0.15, 0.2) is 0 Å². The maximum absolute atomic E-state index is 5.40.